The van der Waals surface area contributed by atoms with Gasteiger partial charge in [0.25, 0.3) is 11.8 Å². The molecule has 1 aromatic heterocycles. The van der Waals surface area contributed by atoms with E-state index in [9.17, 15) is 19.2 Å². The molecule has 7 heteroatoms. The Kier molecular flexibility index (Phi) is 2.65. The number of nitrogens with zero attached hydrogens (tertiary/aromatic N) is 1. The first-order valence-electron chi connectivity index (χ1n) is 6.24. The molecule has 7 nitrogen and oxygen atoms in total. The predicted molar refractivity (Wildman–Crippen MR) is 72.6 cm³/mol. The van der Waals surface area contributed by atoms with E-state index >= 15 is 0 Å². The third-order valence-electron chi connectivity index (χ3n) is 3.51. The molecule has 2 heterocycles. The third-order valence-corrected chi connectivity index (χ3v) is 3.51. The van der Waals surface area contributed by atoms with Crippen LogP contribution >= 0.6 is 0 Å². The molecule has 0 bridgehead atoms. The number of amides is 2. The van der Waals surface area contributed by atoms with Crippen molar-refractivity contribution in [3.63, 3.8) is 0 Å². The molecule has 3 rings (SSSR count). The highest BCUT2D eigenvalue weighted by Gasteiger charge is 2.28. The fourth-order valence-corrected chi connectivity index (χ4v) is 2.46. The lowest BCUT2D eigenvalue weighted by molar-refractivity contribution is 0.0694. The minimum absolute atomic E-state index is 0.0924. The number of aromatic carboxylic acids is 1. The van der Waals surface area contributed by atoms with Gasteiger partial charge in [-0.05, 0) is 19.1 Å². The van der Waals surface area contributed by atoms with Gasteiger partial charge in [0.05, 0.1) is 16.6 Å². The highest BCUT2D eigenvalue weighted by molar-refractivity contribution is 6.23. The van der Waals surface area contributed by atoms with Crippen molar-refractivity contribution in [1.82, 2.24) is 9.88 Å². The number of nitrogens with one attached hydrogen (secondary N) is 1. The van der Waals surface area contributed by atoms with E-state index in [1.54, 1.807) is 11.5 Å². The van der Waals surface area contributed by atoms with Crippen molar-refractivity contribution in [2.75, 3.05) is 0 Å². The van der Waals surface area contributed by atoms with Crippen LogP contribution in [-0.2, 0) is 6.54 Å². The number of hydrogen-bond acceptors (Lipinski definition) is 4. The van der Waals surface area contributed by atoms with Crippen molar-refractivity contribution in [2.24, 2.45) is 0 Å². The number of aromatic nitrogens is 1. The van der Waals surface area contributed by atoms with Gasteiger partial charge in [0.1, 0.15) is 5.56 Å². The fraction of sp³-hybridized carbons (Fsp3) is 0.143. The summed E-state index contributed by atoms with van der Waals surface area (Å²) >= 11 is 0. The molecule has 0 saturated heterocycles. The van der Waals surface area contributed by atoms with Gasteiger partial charge >= 0.3 is 5.97 Å². The van der Waals surface area contributed by atoms with E-state index in [4.69, 9.17) is 5.11 Å². The lowest BCUT2D eigenvalue weighted by Gasteiger charge is -2.10. The quantitative estimate of drug-likeness (QED) is 0.786. The molecular formula is C14H10N2O5. The predicted octanol–water partition coefficient (Wildman–Crippen LogP) is 0.603. The summed E-state index contributed by atoms with van der Waals surface area (Å²) in [5, 5.41) is 11.3. The molecule has 0 atom stereocenters. The van der Waals surface area contributed by atoms with Crippen molar-refractivity contribution < 1.29 is 19.5 Å². The standard InChI is InChI=1S/C14H10N2O5/c1-2-16-5-9(14(20)21)11(17)8-3-6-7(4-10(8)16)13(19)15-12(6)18/h3-5H,2H2,1H3,(H,20,21)(H,15,18,19). The number of benzene rings is 1. The van der Waals surface area contributed by atoms with Gasteiger partial charge in [0, 0.05) is 18.1 Å². The molecule has 1 aliphatic heterocycles. The van der Waals surface area contributed by atoms with Crippen LogP contribution in [0.25, 0.3) is 10.9 Å². The first-order valence-corrected chi connectivity index (χ1v) is 6.24. The Morgan fingerprint density at radius 2 is 1.81 bits per heavy atom. The molecule has 2 aromatic rings. The van der Waals surface area contributed by atoms with Crippen molar-refractivity contribution in [2.45, 2.75) is 13.5 Å². The van der Waals surface area contributed by atoms with Gasteiger partial charge in [-0.2, -0.15) is 0 Å². The third kappa shape index (κ3) is 1.74. The highest BCUT2D eigenvalue weighted by atomic mass is 16.4. The van der Waals surface area contributed by atoms with E-state index in [2.05, 4.69) is 5.32 Å². The van der Waals surface area contributed by atoms with Crippen LogP contribution in [0, 0.1) is 0 Å². The largest absolute Gasteiger partial charge is 0.477 e. The SMILES string of the molecule is CCn1cc(C(=O)O)c(=O)c2cc3c(cc21)C(=O)NC3=O. The summed E-state index contributed by atoms with van der Waals surface area (Å²) in [6.45, 7) is 2.21. The zero-order valence-electron chi connectivity index (χ0n) is 11.0. The van der Waals surface area contributed by atoms with Gasteiger partial charge in [0.2, 0.25) is 5.43 Å². The summed E-state index contributed by atoms with van der Waals surface area (Å²) in [5.74, 6) is -2.43. The second-order valence-electron chi connectivity index (χ2n) is 4.66. The summed E-state index contributed by atoms with van der Waals surface area (Å²) in [4.78, 5) is 46.7. The van der Waals surface area contributed by atoms with Crippen LogP contribution in [0.2, 0.25) is 0 Å². The molecule has 2 N–H and O–H groups in total. The number of imide groups is 1. The Bertz CT molecular complexity index is 894. The van der Waals surface area contributed by atoms with E-state index in [0.717, 1.165) is 0 Å². The maximum Gasteiger partial charge on any atom is 0.341 e. The molecule has 2 amide bonds. The molecule has 0 saturated carbocycles. The van der Waals surface area contributed by atoms with Gasteiger partial charge in [-0.1, -0.05) is 0 Å². The average molecular weight is 286 g/mol. The molecule has 0 spiro atoms. The maximum atomic E-state index is 12.2. The van der Waals surface area contributed by atoms with Crippen molar-refractivity contribution in [1.29, 1.82) is 0 Å². The minimum Gasteiger partial charge on any atom is -0.477 e. The summed E-state index contributed by atoms with van der Waals surface area (Å²) in [6.07, 6.45) is 1.24. The number of carboxylic acid groups (broad SMARTS) is 1. The first kappa shape index (κ1) is 13.0. The molecule has 0 fully saturated rings. The van der Waals surface area contributed by atoms with Gasteiger partial charge in [0.15, 0.2) is 0 Å². The number of hydrogen-bond donors (Lipinski definition) is 2. The van der Waals surface area contributed by atoms with Crippen LogP contribution in [0.3, 0.4) is 0 Å². The van der Waals surface area contributed by atoms with Crippen molar-refractivity contribution in [3.05, 3.63) is 45.2 Å². The van der Waals surface area contributed by atoms with Crippen LogP contribution in [0.1, 0.15) is 38.0 Å². The topological polar surface area (TPSA) is 105 Å². The second-order valence-corrected chi connectivity index (χ2v) is 4.66. The molecule has 106 valence electrons. The Labute approximate surface area is 117 Å². The van der Waals surface area contributed by atoms with E-state index in [1.165, 1.54) is 18.3 Å². The summed E-state index contributed by atoms with van der Waals surface area (Å²) in [7, 11) is 0. The Hall–Kier alpha value is -2.96. The fourth-order valence-electron chi connectivity index (χ4n) is 2.46. The summed E-state index contributed by atoms with van der Waals surface area (Å²) in [6, 6.07) is 2.73. The number of pyridine rings is 1. The second kappa shape index (κ2) is 4.27. The van der Waals surface area contributed by atoms with E-state index < -0.39 is 23.2 Å². The number of aryl methyl sites for hydroxylation is 1. The van der Waals surface area contributed by atoms with E-state index in [1.807, 2.05) is 0 Å². The molecule has 0 unspecified atom stereocenters. The van der Waals surface area contributed by atoms with Crippen LogP contribution in [-0.4, -0.2) is 27.5 Å². The van der Waals surface area contributed by atoms with Gasteiger partial charge in [-0.15, -0.1) is 0 Å². The number of fused-ring (bicyclic) bond motifs is 2. The normalized spacial score (nSPS) is 13.4. The maximum absolute atomic E-state index is 12.2. The van der Waals surface area contributed by atoms with Gasteiger partial charge in [-0.25, -0.2) is 4.79 Å². The smallest absolute Gasteiger partial charge is 0.341 e. The molecule has 0 aliphatic carbocycles. The number of carbonyl (C=O) groups excluding carboxylic acids is 2. The lowest BCUT2D eigenvalue weighted by atomic mass is 10.0. The molecule has 1 aromatic carbocycles. The van der Waals surface area contributed by atoms with E-state index in [0.29, 0.717) is 12.1 Å². The Morgan fingerprint density at radius 1 is 1.19 bits per heavy atom. The summed E-state index contributed by atoms with van der Waals surface area (Å²) < 4.78 is 1.57. The zero-order chi connectivity index (χ0) is 15.3. The molecule has 21 heavy (non-hydrogen) atoms. The lowest BCUT2D eigenvalue weighted by Crippen LogP contribution is -2.19. The van der Waals surface area contributed by atoms with Crippen LogP contribution in [0.5, 0.6) is 0 Å². The van der Waals surface area contributed by atoms with Gasteiger partial charge < -0.3 is 9.67 Å². The number of carboxylic acids is 1. The van der Waals surface area contributed by atoms with Crippen molar-refractivity contribution >= 4 is 28.7 Å². The minimum atomic E-state index is -1.33. The number of carbonyl (C=O) groups is 3. The van der Waals surface area contributed by atoms with Crippen LogP contribution < -0.4 is 10.7 Å². The molecular weight excluding hydrogens is 276 g/mol. The average Bonchev–Trinajstić information content (AvgIpc) is 2.72. The first-order chi connectivity index (χ1) is 9.93. The number of rotatable bonds is 2. The Morgan fingerprint density at radius 3 is 2.38 bits per heavy atom. The summed E-state index contributed by atoms with van der Waals surface area (Å²) in [5.41, 5.74) is -0.325. The highest BCUT2D eigenvalue weighted by Crippen LogP contribution is 2.22. The zero-order valence-corrected chi connectivity index (χ0v) is 11.0. The molecule has 0 radical (unpaired) electrons. The van der Waals surface area contributed by atoms with Crippen molar-refractivity contribution in [3.8, 4) is 0 Å². The van der Waals surface area contributed by atoms with Crippen LogP contribution in [0.15, 0.2) is 23.1 Å². The van der Waals surface area contributed by atoms with Gasteiger partial charge in [-0.3, -0.25) is 19.7 Å². The van der Waals surface area contributed by atoms with E-state index in [-0.39, 0.29) is 22.1 Å². The van der Waals surface area contributed by atoms with Crippen LogP contribution in [0.4, 0.5) is 0 Å². The molecule has 1 aliphatic rings. The Balaban J connectivity index is 2.48. The monoisotopic (exact) mass is 286 g/mol.